The fraction of sp³-hybridized carbons (Fsp3) is 0.944. The number of ether oxygens (including phenoxy) is 1. The first-order chi connectivity index (χ1) is 12.7. The molecule has 0 N–H and O–H groups in total. The smallest absolute Gasteiger partial charge is 0.350 e. The normalized spacial score (nSPS) is 19.7. The monoisotopic (exact) mass is 442 g/mol. The number of carbonyl (C=O) groups is 1. The zero-order valence-corrected chi connectivity index (χ0v) is 20.3. The van der Waals surface area contributed by atoms with Crippen LogP contribution >= 0.6 is 15.2 Å². The second-order valence-electron chi connectivity index (χ2n) is 8.00. The quantitative estimate of drug-likeness (QED) is 0.295. The van der Waals surface area contributed by atoms with Crippen LogP contribution in [-0.2, 0) is 36.8 Å². The van der Waals surface area contributed by atoms with Gasteiger partial charge < -0.3 is 22.8 Å². The average molecular weight is 442 g/mol. The van der Waals surface area contributed by atoms with E-state index < -0.39 is 56.4 Å². The van der Waals surface area contributed by atoms with Crippen LogP contribution in [0, 0.1) is 5.92 Å². The Balaban J connectivity index is 3.62. The second-order valence-corrected chi connectivity index (χ2v) is 12.8. The molecule has 1 saturated carbocycles. The van der Waals surface area contributed by atoms with Crippen molar-refractivity contribution >= 4 is 21.2 Å². The Morgan fingerprint density at radius 1 is 0.821 bits per heavy atom. The maximum atomic E-state index is 14.1. The van der Waals surface area contributed by atoms with Gasteiger partial charge in [-0.1, -0.05) is 0 Å². The van der Waals surface area contributed by atoms with Crippen molar-refractivity contribution in [1.29, 1.82) is 0 Å². The Morgan fingerprint density at radius 3 is 1.39 bits per heavy atom. The summed E-state index contributed by atoms with van der Waals surface area (Å²) in [4.78, 5) is 10.8. The average Bonchev–Trinajstić information content (AvgIpc) is 3.21. The Morgan fingerprint density at radius 2 is 1.14 bits per heavy atom. The standard InChI is InChI=1S/C18H36O8P2/c1-10-22-17(19)16-11-18(16,27(20,23-12(2)3)24-13(4)5)28(21,25-14(6)7)26-15(8)9/h12-16H,10-11H2,1-9H3. The maximum Gasteiger partial charge on any atom is 0.350 e. The first-order valence-electron chi connectivity index (χ1n) is 9.85. The summed E-state index contributed by atoms with van der Waals surface area (Å²) < 4.78 is 56.2. The minimum atomic E-state index is -4.11. The number of hydrogen-bond acceptors (Lipinski definition) is 8. The summed E-state index contributed by atoms with van der Waals surface area (Å²) >= 11 is 0. The molecule has 1 aliphatic carbocycles. The minimum absolute atomic E-state index is 0.0146. The molecule has 0 radical (unpaired) electrons. The van der Waals surface area contributed by atoms with Crippen LogP contribution in [0.15, 0.2) is 0 Å². The Bertz CT molecular complexity index is 563. The highest BCUT2D eigenvalue weighted by Crippen LogP contribution is 2.90. The molecule has 0 amide bonds. The van der Waals surface area contributed by atoms with Crippen LogP contribution in [0.4, 0.5) is 0 Å². The summed E-state index contributed by atoms with van der Waals surface area (Å²) in [6.45, 7) is 15.4. The van der Waals surface area contributed by atoms with Crippen molar-refractivity contribution in [3.8, 4) is 0 Å². The molecule has 166 valence electrons. The molecule has 0 aromatic carbocycles. The molecule has 1 atom stereocenters. The molecule has 0 aromatic rings. The van der Waals surface area contributed by atoms with Gasteiger partial charge in [0, 0.05) is 0 Å². The molecular formula is C18H36O8P2. The highest BCUT2D eigenvalue weighted by molar-refractivity contribution is 7.75. The van der Waals surface area contributed by atoms with Crippen molar-refractivity contribution in [3.05, 3.63) is 0 Å². The van der Waals surface area contributed by atoms with Gasteiger partial charge in [-0.25, -0.2) is 0 Å². The lowest BCUT2D eigenvalue weighted by Gasteiger charge is -2.36. The van der Waals surface area contributed by atoms with Gasteiger partial charge in [0.2, 0.25) is 0 Å². The largest absolute Gasteiger partial charge is 0.466 e. The summed E-state index contributed by atoms with van der Waals surface area (Å²) in [7, 11) is -8.21. The van der Waals surface area contributed by atoms with Gasteiger partial charge in [-0.15, -0.1) is 0 Å². The second kappa shape index (κ2) is 9.72. The molecule has 0 aliphatic heterocycles. The van der Waals surface area contributed by atoms with Gasteiger partial charge in [0.25, 0.3) is 0 Å². The van der Waals surface area contributed by atoms with Gasteiger partial charge in [-0.05, 0) is 68.7 Å². The molecule has 10 heteroatoms. The van der Waals surface area contributed by atoms with Crippen LogP contribution in [0.1, 0.15) is 68.7 Å². The third kappa shape index (κ3) is 5.47. The van der Waals surface area contributed by atoms with E-state index in [1.165, 1.54) is 0 Å². The molecular weight excluding hydrogens is 406 g/mol. The van der Waals surface area contributed by atoms with Crippen molar-refractivity contribution in [1.82, 2.24) is 0 Å². The Hall–Kier alpha value is -0.230. The van der Waals surface area contributed by atoms with Crippen molar-refractivity contribution in [3.63, 3.8) is 0 Å². The van der Waals surface area contributed by atoms with E-state index in [4.69, 9.17) is 22.8 Å². The lowest BCUT2D eigenvalue weighted by atomic mass is 10.4. The molecule has 1 fully saturated rings. The molecule has 1 rings (SSSR count). The molecule has 0 heterocycles. The van der Waals surface area contributed by atoms with Gasteiger partial charge >= 0.3 is 21.2 Å². The van der Waals surface area contributed by atoms with Crippen LogP contribution in [0.2, 0.25) is 0 Å². The lowest BCUT2D eigenvalue weighted by molar-refractivity contribution is -0.144. The number of esters is 1. The highest BCUT2D eigenvalue weighted by atomic mass is 31.2. The van der Waals surface area contributed by atoms with E-state index in [1.807, 2.05) is 0 Å². The summed E-state index contributed by atoms with van der Waals surface area (Å²) in [6, 6.07) is 0. The third-order valence-corrected chi connectivity index (χ3v) is 11.0. The van der Waals surface area contributed by atoms with E-state index in [0.717, 1.165) is 0 Å². The van der Waals surface area contributed by atoms with Crippen molar-refractivity contribution in [2.24, 2.45) is 5.92 Å². The molecule has 0 saturated heterocycles. The Kier molecular flexibility index (Phi) is 8.96. The van der Waals surface area contributed by atoms with Crippen LogP contribution in [-0.4, -0.2) is 41.9 Å². The van der Waals surface area contributed by atoms with E-state index in [1.54, 1.807) is 62.3 Å². The van der Waals surface area contributed by atoms with Crippen molar-refractivity contribution in [2.75, 3.05) is 6.61 Å². The van der Waals surface area contributed by atoms with Crippen LogP contribution in [0.3, 0.4) is 0 Å². The predicted molar refractivity (Wildman–Crippen MR) is 108 cm³/mol. The molecule has 0 spiro atoms. The van der Waals surface area contributed by atoms with Crippen LogP contribution in [0.5, 0.6) is 0 Å². The molecule has 0 aromatic heterocycles. The third-order valence-electron chi connectivity index (χ3n) is 3.82. The van der Waals surface area contributed by atoms with E-state index >= 15 is 0 Å². The van der Waals surface area contributed by atoms with Crippen molar-refractivity contribution in [2.45, 2.75) is 98.0 Å². The number of rotatable bonds is 12. The Labute approximate surface area is 169 Å². The summed E-state index contributed by atoms with van der Waals surface area (Å²) in [6.07, 6.45) is -1.97. The fourth-order valence-corrected chi connectivity index (χ4v) is 9.64. The number of carbonyl (C=O) groups excluding carboxylic acids is 1. The van der Waals surface area contributed by atoms with Crippen LogP contribution < -0.4 is 0 Å². The zero-order chi connectivity index (χ0) is 21.9. The lowest BCUT2D eigenvalue weighted by Crippen LogP contribution is -2.28. The van der Waals surface area contributed by atoms with E-state index in [0.29, 0.717) is 0 Å². The zero-order valence-electron chi connectivity index (χ0n) is 18.5. The highest BCUT2D eigenvalue weighted by Gasteiger charge is 2.82. The predicted octanol–water partition coefficient (Wildman–Crippen LogP) is 5.35. The van der Waals surface area contributed by atoms with E-state index in [2.05, 4.69) is 0 Å². The minimum Gasteiger partial charge on any atom is -0.466 e. The first kappa shape index (κ1) is 25.8. The summed E-state index contributed by atoms with van der Waals surface area (Å²) in [5.74, 6) is -1.57. The summed E-state index contributed by atoms with van der Waals surface area (Å²) in [5.41, 5.74) is 0. The van der Waals surface area contributed by atoms with Gasteiger partial charge in [-0.2, -0.15) is 0 Å². The molecule has 1 aliphatic rings. The molecule has 1 unspecified atom stereocenters. The molecule has 28 heavy (non-hydrogen) atoms. The van der Waals surface area contributed by atoms with E-state index in [-0.39, 0.29) is 13.0 Å². The topological polar surface area (TPSA) is 97.4 Å². The molecule has 8 nitrogen and oxygen atoms in total. The van der Waals surface area contributed by atoms with Gasteiger partial charge in [0.1, 0.15) is 0 Å². The van der Waals surface area contributed by atoms with Crippen molar-refractivity contribution < 1.29 is 36.8 Å². The van der Waals surface area contributed by atoms with Gasteiger partial charge in [-0.3, -0.25) is 13.9 Å². The fourth-order valence-electron chi connectivity index (χ4n) is 3.04. The van der Waals surface area contributed by atoms with Gasteiger partial charge in [0.15, 0.2) is 4.90 Å². The summed E-state index contributed by atoms with van der Waals surface area (Å²) in [5, 5.41) is 0. The SMILES string of the molecule is CCOC(=O)C1CC1(P(=O)(OC(C)C)OC(C)C)P(=O)(OC(C)C)OC(C)C. The van der Waals surface area contributed by atoms with Crippen LogP contribution in [0.25, 0.3) is 0 Å². The first-order valence-corrected chi connectivity index (χ1v) is 12.9. The maximum absolute atomic E-state index is 14.1. The molecule has 0 bridgehead atoms. The number of hydrogen-bond donors (Lipinski definition) is 0. The van der Waals surface area contributed by atoms with E-state index in [9.17, 15) is 13.9 Å². The van der Waals surface area contributed by atoms with Gasteiger partial charge in [0.05, 0.1) is 36.9 Å².